The Morgan fingerprint density at radius 2 is 1.85 bits per heavy atom. The molecule has 0 aliphatic rings. The first-order valence-electron chi connectivity index (χ1n) is 7.87. The fourth-order valence-electron chi connectivity index (χ4n) is 2.63. The van der Waals surface area contributed by atoms with Crippen LogP contribution in [0.2, 0.25) is 0 Å². The Bertz CT molecular complexity index is 984. The van der Waals surface area contributed by atoms with E-state index in [-0.39, 0.29) is 11.4 Å². The number of thiophene rings is 1. The van der Waals surface area contributed by atoms with Gasteiger partial charge in [-0.05, 0) is 66.4 Å². The zero-order chi connectivity index (χ0) is 18.7. The van der Waals surface area contributed by atoms with E-state index in [1.807, 2.05) is 17.5 Å². The molecule has 26 heavy (non-hydrogen) atoms. The molecule has 7 heteroatoms. The second-order valence-electron chi connectivity index (χ2n) is 5.70. The van der Waals surface area contributed by atoms with E-state index in [0.717, 1.165) is 10.9 Å². The molecule has 0 fully saturated rings. The molecule has 1 aromatic heterocycles. The Morgan fingerprint density at radius 1 is 1.12 bits per heavy atom. The van der Waals surface area contributed by atoms with Crippen LogP contribution in [0.1, 0.15) is 10.4 Å². The van der Waals surface area contributed by atoms with Crippen molar-refractivity contribution in [3.63, 3.8) is 0 Å². The summed E-state index contributed by atoms with van der Waals surface area (Å²) in [5, 5.41) is 1.90. The van der Waals surface area contributed by atoms with Gasteiger partial charge in [-0.1, -0.05) is 6.07 Å². The molecule has 136 valence electrons. The minimum Gasteiger partial charge on any atom is -0.497 e. The van der Waals surface area contributed by atoms with E-state index in [4.69, 9.17) is 4.74 Å². The number of hydrogen-bond acceptors (Lipinski definition) is 4. The molecule has 3 aromatic rings. The maximum absolute atomic E-state index is 13.4. The number of anilines is 1. The third kappa shape index (κ3) is 3.73. The average molecular weight is 391 g/mol. The molecular formula is C19H18FNO3S2. The fraction of sp³-hybridized carbons (Fsp3) is 0.158. The number of benzene rings is 2. The van der Waals surface area contributed by atoms with E-state index in [0.29, 0.717) is 17.0 Å². The SMILES string of the molecule is COc1ccc(N(Cc2cccs2)S(=O)(=O)c2ccc(F)cc2C)cc1. The Morgan fingerprint density at radius 3 is 2.42 bits per heavy atom. The number of aryl methyl sites for hydroxylation is 1. The van der Waals surface area contributed by atoms with Gasteiger partial charge in [-0.25, -0.2) is 12.8 Å². The van der Waals surface area contributed by atoms with Gasteiger partial charge in [-0.2, -0.15) is 0 Å². The lowest BCUT2D eigenvalue weighted by Crippen LogP contribution is -2.30. The monoisotopic (exact) mass is 391 g/mol. The van der Waals surface area contributed by atoms with Crippen LogP contribution in [0.25, 0.3) is 0 Å². The highest BCUT2D eigenvalue weighted by atomic mass is 32.2. The van der Waals surface area contributed by atoms with E-state index in [9.17, 15) is 12.8 Å². The highest BCUT2D eigenvalue weighted by Gasteiger charge is 2.27. The molecule has 0 aliphatic heterocycles. The summed E-state index contributed by atoms with van der Waals surface area (Å²) in [4.78, 5) is 0.996. The molecule has 0 atom stereocenters. The highest BCUT2D eigenvalue weighted by Crippen LogP contribution is 2.30. The van der Waals surface area contributed by atoms with E-state index in [1.54, 1.807) is 38.3 Å². The quantitative estimate of drug-likeness (QED) is 0.617. The van der Waals surface area contributed by atoms with Gasteiger partial charge in [0, 0.05) is 4.88 Å². The van der Waals surface area contributed by atoms with Crippen molar-refractivity contribution < 1.29 is 17.5 Å². The van der Waals surface area contributed by atoms with Crippen LogP contribution < -0.4 is 9.04 Å². The predicted molar refractivity (Wildman–Crippen MR) is 102 cm³/mol. The lowest BCUT2D eigenvalue weighted by molar-refractivity contribution is 0.415. The van der Waals surface area contributed by atoms with Gasteiger partial charge in [-0.3, -0.25) is 4.31 Å². The van der Waals surface area contributed by atoms with Crippen LogP contribution in [-0.4, -0.2) is 15.5 Å². The van der Waals surface area contributed by atoms with E-state index in [2.05, 4.69) is 0 Å². The molecule has 0 aliphatic carbocycles. The predicted octanol–water partition coefficient (Wildman–Crippen LogP) is 4.60. The van der Waals surface area contributed by atoms with Crippen molar-refractivity contribution in [3.8, 4) is 5.75 Å². The van der Waals surface area contributed by atoms with Gasteiger partial charge in [0.25, 0.3) is 10.0 Å². The summed E-state index contributed by atoms with van der Waals surface area (Å²) in [6, 6.07) is 14.3. The summed E-state index contributed by atoms with van der Waals surface area (Å²) in [5.74, 6) is 0.177. The normalized spacial score (nSPS) is 11.3. The Balaban J connectivity index is 2.08. The van der Waals surface area contributed by atoms with Gasteiger partial charge >= 0.3 is 0 Å². The van der Waals surface area contributed by atoms with Crippen molar-refractivity contribution in [2.24, 2.45) is 0 Å². The van der Waals surface area contributed by atoms with Crippen LogP contribution in [0.15, 0.2) is 64.9 Å². The molecule has 3 rings (SSSR count). The first kappa shape index (κ1) is 18.4. The topological polar surface area (TPSA) is 46.6 Å². The maximum Gasteiger partial charge on any atom is 0.264 e. The van der Waals surface area contributed by atoms with Crippen LogP contribution >= 0.6 is 11.3 Å². The van der Waals surface area contributed by atoms with E-state index in [1.165, 1.54) is 27.8 Å². The number of halogens is 1. The van der Waals surface area contributed by atoms with Crippen LogP contribution in [-0.2, 0) is 16.6 Å². The second-order valence-corrected chi connectivity index (χ2v) is 8.56. The molecule has 1 heterocycles. The number of ether oxygens (including phenoxy) is 1. The Hall–Kier alpha value is -2.38. The summed E-state index contributed by atoms with van der Waals surface area (Å²) >= 11 is 1.48. The largest absolute Gasteiger partial charge is 0.497 e. The second kappa shape index (κ2) is 7.47. The van der Waals surface area contributed by atoms with Gasteiger partial charge in [-0.15, -0.1) is 11.3 Å². The first-order valence-corrected chi connectivity index (χ1v) is 10.2. The summed E-state index contributed by atoms with van der Waals surface area (Å²) in [7, 11) is -2.31. The van der Waals surface area contributed by atoms with Gasteiger partial charge in [0.05, 0.1) is 24.2 Å². The van der Waals surface area contributed by atoms with Crippen molar-refractivity contribution >= 4 is 27.0 Å². The number of sulfonamides is 1. The van der Waals surface area contributed by atoms with Gasteiger partial charge in [0.2, 0.25) is 0 Å². The lowest BCUT2D eigenvalue weighted by Gasteiger charge is -2.25. The molecule has 0 bridgehead atoms. The molecular weight excluding hydrogens is 373 g/mol. The van der Waals surface area contributed by atoms with Crippen molar-refractivity contribution in [1.29, 1.82) is 0 Å². The van der Waals surface area contributed by atoms with Crippen molar-refractivity contribution in [2.75, 3.05) is 11.4 Å². The molecule has 2 aromatic carbocycles. The lowest BCUT2D eigenvalue weighted by atomic mass is 10.2. The average Bonchev–Trinajstić information content (AvgIpc) is 3.12. The third-order valence-corrected chi connectivity index (χ3v) is 6.74. The molecule has 0 saturated carbocycles. The minimum absolute atomic E-state index is 0.0891. The number of nitrogens with zero attached hydrogens (tertiary/aromatic N) is 1. The van der Waals surface area contributed by atoms with Crippen LogP contribution in [0, 0.1) is 12.7 Å². The summed E-state index contributed by atoms with van der Waals surface area (Å²) in [5.41, 5.74) is 0.887. The van der Waals surface area contributed by atoms with Crippen molar-refractivity contribution in [1.82, 2.24) is 0 Å². The summed E-state index contributed by atoms with van der Waals surface area (Å²) in [6.45, 7) is 1.79. The molecule has 0 radical (unpaired) electrons. The third-order valence-electron chi connectivity index (χ3n) is 3.94. The number of rotatable bonds is 6. The van der Waals surface area contributed by atoms with Crippen LogP contribution in [0.4, 0.5) is 10.1 Å². The van der Waals surface area contributed by atoms with Gasteiger partial charge < -0.3 is 4.74 Å². The van der Waals surface area contributed by atoms with Crippen LogP contribution in [0.3, 0.4) is 0 Å². The van der Waals surface area contributed by atoms with E-state index < -0.39 is 15.8 Å². The molecule has 4 nitrogen and oxygen atoms in total. The summed E-state index contributed by atoms with van der Waals surface area (Å²) < 4.78 is 46.6. The maximum atomic E-state index is 13.4. The van der Waals surface area contributed by atoms with Crippen LogP contribution in [0.5, 0.6) is 5.75 Å². The molecule has 0 spiro atoms. The standard InChI is InChI=1S/C19H18FNO3S2/c1-14-12-15(20)5-10-19(14)26(22,23)21(13-18-4-3-11-25-18)16-6-8-17(24-2)9-7-16/h3-12H,13H2,1-2H3. The molecule has 0 saturated heterocycles. The van der Waals surface area contributed by atoms with E-state index >= 15 is 0 Å². The molecule has 0 amide bonds. The smallest absolute Gasteiger partial charge is 0.264 e. The number of methoxy groups -OCH3 is 1. The zero-order valence-electron chi connectivity index (χ0n) is 14.3. The van der Waals surface area contributed by atoms with Gasteiger partial charge in [0.1, 0.15) is 11.6 Å². The zero-order valence-corrected chi connectivity index (χ0v) is 16.0. The molecule has 0 unspecified atom stereocenters. The number of hydrogen-bond donors (Lipinski definition) is 0. The van der Waals surface area contributed by atoms with Gasteiger partial charge in [0.15, 0.2) is 0 Å². The first-order chi connectivity index (χ1) is 12.4. The minimum atomic E-state index is -3.86. The fourth-order valence-corrected chi connectivity index (χ4v) is 5.05. The summed E-state index contributed by atoms with van der Waals surface area (Å²) in [6.07, 6.45) is 0. The van der Waals surface area contributed by atoms with Crippen molar-refractivity contribution in [2.45, 2.75) is 18.4 Å². The Labute approximate surface area is 156 Å². The Kier molecular flexibility index (Phi) is 5.29. The highest BCUT2D eigenvalue weighted by molar-refractivity contribution is 7.92. The molecule has 0 N–H and O–H groups in total. The van der Waals surface area contributed by atoms with Crippen molar-refractivity contribution in [3.05, 3.63) is 76.2 Å².